The molecule has 0 atom stereocenters. The Balaban J connectivity index is 2.51. The Bertz CT molecular complexity index is 622. The maximum Gasteiger partial charge on any atom is 0.323 e. The third-order valence-electron chi connectivity index (χ3n) is 3.30. The van der Waals surface area contributed by atoms with Gasteiger partial charge in [-0.3, -0.25) is 9.79 Å². The minimum atomic E-state index is -0.895. The van der Waals surface area contributed by atoms with Crippen LogP contribution in [0.3, 0.4) is 0 Å². The van der Waals surface area contributed by atoms with E-state index < -0.39 is 5.97 Å². The molecular formula is C15H18N4O2. The van der Waals surface area contributed by atoms with Crippen LogP contribution in [-0.4, -0.2) is 40.3 Å². The molecule has 0 aliphatic heterocycles. The van der Waals surface area contributed by atoms with Crippen molar-refractivity contribution in [2.75, 3.05) is 18.5 Å². The zero-order valence-electron chi connectivity index (χ0n) is 12.0. The van der Waals surface area contributed by atoms with Crippen molar-refractivity contribution in [1.29, 1.82) is 0 Å². The normalized spacial score (nSPS) is 13.7. The van der Waals surface area contributed by atoms with Gasteiger partial charge in [0.2, 0.25) is 0 Å². The number of aryl methyl sites for hydroxylation is 1. The summed E-state index contributed by atoms with van der Waals surface area (Å²) in [5.41, 5.74) is 2.53. The van der Waals surface area contributed by atoms with Gasteiger partial charge in [0, 0.05) is 24.5 Å². The largest absolute Gasteiger partial charge is 0.480 e. The van der Waals surface area contributed by atoms with Crippen molar-refractivity contribution in [3.8, 4) is 0 Å². The average molecular weight is 286 g/mol. The highest BCUT2D eigenvalue weighted by atomic mass is 16.4. The molecule has 1 heterocycles. The van der Waals surface area contributed by atoms with E-state index in [1.807, 2.05) is 0 Å². The Morgan fingerprint density at radius 3 is 2.81 bits per heavy atom. The fourth-order valence-electron chi connectivity index (χ4n) is 2.42. The summed E-state index contributed by atoms with van der Waals surface area (Å²) in [6.45, 7) is 7.16. The van der Waals surface area contributed by atoms with Crippen LogP contribution in [0.2, 0.25) is 0 Å². The first kappa shape index (κ1) is 14.9. The van der Waals surface area contributed by atoms with Gasteiger partial charge in [-0.25, -0.2) is 9.97 Å². The molecule has 0 saturated heterocycles. The fraction of sp³-hybridized carbons (Fsp3) is 0.333. The number of allylic oxidation sites excluding steroid dienone is 1. The van der Waals surface area contributed by atoms with Crippen molar-refractivity contribution in [3.05, 3.63) is 42.5 Å². The highest BCUT2D eigenvalue weighted by Crippen LogP contribution is 2.28. The van der Waals surface area contributed by atoms with E-state index >= 15 is 0 Å². The zero-order chi connectivity index (χ0) is 15.4. The number of fused-ring (bicyclic) bond motifs is 1. The van der Waals surface area contributed by atoms with Crippen molar-refractivity contribution in [2.24, 2.45) is 4.99 Å². The quantitative estimate of drug-likeness (QED) is 0.804. The van der Waals surface area contributed by atoms with E-state index in [2.05, 4.69) is 28.1 Å². The number of hydrogen-bond donors (Lipinski definition) is 1. The molecule has 0 spiro atoms. The number of anilines is 1. The molecule has 6 nitrogen and oxygen atoms in total. The van der Waals surface area contributed by atoms with Gasteiger partial charge < -0.3 is 10.0 Å². The lowest BCUT2D eigenvalue weighted by Crippen LogP contribution is -2.28. The molecule has 1 N–H and O–H groups in total. The molecule has 0 saturated carbocycles. The number of aliphatic imine (C=N–C) groups is 1. The molecule has 1 aromatic heterocycles. The van der Waals surface area contributed by atoms with Crippen LogP contribution in [0.4, 0.5) is 5.82 Å². The van der Waals surface area contributed by atoms with Crippen LogP contribution in [-0.2, 0) is 17.6 Å². The van der Waals surface area contributed by atoms with Crippen LogP contribution in [0, 0.1) is 0 Å². The van der Waals surface area contributed by atoms with E-state index in [9.17, 15) is 4.79 Å². The second kappa shape index (κ2) is 6.30. The van der Waals surface area contributed by atoms with Gasteiger partial charge >= 0.3 is 5.97 Å². The van der Waals surface area contributed by atoms with E-state index in [-0.39, 0.29) is 6.54 Å². The number of carboxylic acid groups (broad SMARTS) is 1. The number of carbonyl (C=O) groups is 1. The van der Waals surface area contributed by atoms with Crippen LogP contribution in [0.1, 0.15) is 23.5 Å². The van der Waals surface area contributed by atoms with Gasteiger partial charge in [0.25, 0.3) is 0 Å². The Kier molecular flexibility index (Phi) is 4.47. The predicted molar refractivity (Wildman–Crippen MR) is 81.9 cm³/mol. The van der Waals surface area contributed by atoms with E-state index in [0.29, 0.717) is 17.4 Å². The second-order valence-corrected chi connectivity index (χ2v) is 4.80. The molecule has 0 unspecified atom stereocenters. The molecule has 1 aliphatic rings. The molecule has 0 aromatic carbocycles. The van der Waals surface area contributed by atoms with Crippen LogP contribution in [0.15, 0.2) is 30.4 Å². The smallest absolute Gasteiger partial charge is 0.323 e. The number of nitrogens with zero attached hydrogens (tertiary/aromatic N) is 4. The maximum atomic E-state index is 10.9. The average Bonchev–Trinajstić information content (AvgIpc) is 2.91. The Hall–Kier alpha value is -2.50. The number of carboxylic acids is 1. The van der Waals surface area contributed by atoms with Crippen LogP contribution in [0.25, 0.3) is 0 Å². The Labute approximate surface area is 123 Å². The summed E-state index contributed by atoms with van der Waals surface area (Å²) in [7, 11) is 1.72. The number of aromatic nitrogens is 2. The summed E-state index contributed by atoms with van der Waals surface area (Å²) >= 11 is 0. The highest BCUT2D eigenvalue weighted by molar-refractivity contribution is 6.06. The minimum Gasteiger partial charge on any atom is -0.480 e. The molecule has 0 fully saturated rings. The van der Waals surface area contributed by atoms with Gasteiger partial charge in [-0.1, -0.05) is 13.2 Å². The van der Waals surface area contributed by atoms with Crippen LogP contribution >= 0.6 is 0 Å². The standard InChI is InChI=1S/C15H18N4O2/c1-4-11(16-5-2)14-17-12-8-6-7-10(12)15(18-14)19(3)9-13(20)21/h4-5H,1-2,6-9H2,3H3,(H,20,21). The van der Waals surface area contributed by atoms with Crippen molar-refractivity contribution in [2.45, 2.75) is 19.3 Å². The van der Waals surface area contributed by atoms with E-state index in [1.54, 1.807) is 18.0 Å². The number of hydrogen-bond acceptors (Lipinski definition) is 5. The summed E-state index contributed by atoms with van der Waals surface area (Å²) in [5.74, 6) is 0.222. The molecule has 2 rings (SSSR count). The third-order valence-corrected chi connectivity index (χ3v) is 3.30. The summed E-state index contributed by atoms with van der Waals surface area (Å²) in [4.78, 5) is 25.7. The van der Waals surface area contributed by atoms with Crippen LogP contribution in [0.5, 0.6) is 0 Å². The van der Waals surface area contributed by atoms with Crippen LogP contribution < -0.4 is 4.90 Å². The summed E-state index contributed by atoms with van der Waals surface area (Å²) in [6, 6.07) is 0. The van der Waals surface area contributed by atoms with Crippen molar-refractivity contribution < 1.29 is 9.90 Å². The molecule has 0 amide bonds. The SMILES string of the molecule is C=CN=C(C=C)c1nc2c(c(N(C)CC(=O)O)n1)CCC2. The molecule has 0 bridgehead atoms. The number of rotatable bonds is 6. The van der Waals surface area contributed by atoms with Gasteiger partial charge in [0.15, 0.2) is 5.82 Å². The maximum absolute atomic E-state index is 10.9. The van der Waals surface area contributed by atoms with E-state index in [0.717, 1.165) is 30.5 Å². The zero-order valence-corrected chi connectivity index (χ0v) is 12.0. The molecule has 110 valence electrons. The molecule has 6 heteroatoms. The fourth-order valence-corrected chi connectivity index (χ4v) is 2.42. The highest BCUT2D eigenvalue weighted by Gasteiger charge is 2.23. The summed E-state index contributed by atoms with van der Waals surface area (Å²) < 4.78 is 0. The lowest BCUT2D eigenvalue weighted by molar-refractivity contribution is -0.135. The van der Waals surface area contributed by atoms with Crippen molar-refractivity contribution in [1.82, 2.24) is 9.97 Å². The monoisotopic (exact) mass is 286 g/mol. The van der Waals surface area contributed by atoms with Gasteiger partial charge in [0.1, 0.15) is 18.1 Å². The number of aliphatic carboxylic acids is 1. The Morgan fingerprint density at radius 1 is 1.43 bits per heavy atom. The van der Waals surface area contributed by atoms with Gasteiger partial charge in [-0.15, -0.1) is 0 Å². The van der Waals surface area contributed by atoms with Gasteiger partial charge in [0.05, 0.1) is 0 Å². The number of likely N-dealkylation sites (N-methyl/N-ethyl adjacent to an activating group) is 1. The molecule has 21 heavy (non-hydrogen) atoms. The van der Waals surface area contributed by atoms with E-state index in [1.165, 1.54) is 6.20 Å². The molecule has 1 aliphatic carbocycles. The molecule has 1 aromatic rings. The molecule has 0 radical (unpaired) electrons. The predicted octanol–water partition coefficient (Wildman–Crippen LogP) is 1.60. The Morgan fingerprint density at radius 2 is 2.19 bits per heavy atom. The van der Waals surface area contributed by atoms with Crippen molar-refractivity contribution in [3.63, 3.8) is 0 Å². The van der Waals surface area contributed by atoms with Gasteiger partial charge in [-0.05, 0) is 25.3 Å². The first-order valence-corrected chi connectivity index (χ1v) is 6.71. The first-order chi connectivity index (χ1) is 10.1. The summed E-state index contributed by atoms with van der Waals surface area (Å²) in [6.07, 6.45) is 5.73. The summed E-state index contributed by atoms with van der Waals surface area (Å²) in [5, 5.41) is 8.96. The third kappa shape index (κ3) is 3.16. The lowest BCUT2D eigenvalue weighted by atomic mass is 10.2. The lowest BCUT2D eigenvalue weighted by Gasteiger charge is -2.19. The topological polar surface area (TPSA) is 78.7 Å². The first-order valence-electron chi connectivity index (χ1n) is 6.71. The van der Waals surface area contributed by atoms with E-state index in [4.69, 9.17) is 5.11 Å². The molecular weight excluding hydrogens is 268 g/mol. The minimum absolute atomic E-state index is 0.106. The van der Waals surface area contributed by atoms with Crippen molar-refractivity contribution >= 4 is 17.5 Å². The van der Waals surface area contributed by atoms with Gasteiger partial charge in [-0.2, -0.15) is 0 Å². The second-order valence-electron chi connectivity index (χ2n) is 4.80.